The van der Waals surface area contributed by atoms with Crippen molar-refractivity contribution in [3.8, 4) is 0 Å². The van der Waals surface area contributed by atoms with E-state index >= 15 is 0 Å². The van der Waals surface area contributed by atoms with Crippen LogP contribution in [0.4, 0.5) is 0 Å². The van der Waals surface area contributed by atoms with Crippen LogP contribution in [0.3, 0.4) is 0 Å². The monoisotopic (exact) mass is 459 g/mol. The van der Waals surface area contributed by atoms with Crippen LogP contribution in [-0.2, 0) is 28.9 Å². The van der Waals surface area contributed by atoms with Gasteiger partial charge < -0.3 is 5.73 Å². The fraction of sp³-hybridized carbons (Fsp3) is 0.125. The van der Waals surface area contributed by atoms with Crippen LogP contribution >= 0.6 is 24.1 Å². The van der Waals surface area contributed by atoms with Crippen LogP contribution in [0.5, 0.6) is 0 Å². The summed E-state index contributed by atoms with van der Waals surface area (Å²) in [5.41, 5.74) is 7.91. The Morgan fingerprint density at radius 2 is 1.41 bits per heavy atom. The van der Waals surface area contributed by atoms with Crippen LogP contribution in [-0.4, -0.2) is 23.5 Å². The van der Waals surface area contributed by atoms with Gasteiger partial charge in [0.2, 0.25) is 0 Å². The molecule has 0 saturated heterocycles. The van der Waals surface area contributed by atoms with E-state index < -0.39 is 16.0 Å². The maximum Gasteiger partial charge on any atom is 0.295 e. The van der Waals surface area contributed by atoms with Crippen molar-refractivity contribution in [1.82, 2.24) is 0 Å². The Morgan fingerprint density at radius 3 is 1.97 bits per heavy atom. The van der Waals surface area contributed by atoms with Gasteiger partial charge in [0.1, 0.15) is 4.91 Å². The first-order valence-corrected chi connectivity index (χ1v) is 10.8. The molecule has 0 amide bonds. The van der Waals surface area contributed by atoms with E-state index in [0.717, 1.165) is 17.6 Å². The van der Waals surface area contributed by atoms with Gasteiger partial charge in [-0.25, -0.2) is 10.5 Å². The van der Waals surface area contributed by atoms with Crippen LogP contribution in [0.25, 0.3) is 10.6 Å². The second-order valence-electron chi connectivity index (χ2n) is 6.17. The van der Waals surface area contributed by atoms with Crippen LogP contribution in [0.1, 0.15) is 23.0 Å². The van der Waals surface area contributed by atoms with Crippen molar-refractivity contribution in [1.29, 1.82) is 0 Å². The third-order valence-electron chi connectivity index (χ3n) is 4.77. The number of hydrogen-bond donors (Lipinski definition) is 4. The molecule has 0 bridgehead atoms. The summed E-state index contributed by atoms with van der Waals surface area (Å²) < 4.78 is 42.9. The predicted molar refractivity (Wildman–Crippen MR) is 104 cm³/mol. The molecule has 0 radical (unpaired) electrons. The van der Waals surface area contributed by atoms with Gasteiger partial charge in [0, 0.05) is 37.8 Å². The Bertz CT molecular complexity index is 1190. The minimum absolute atomic E-state index is 0.318. The second-order valence-corrected chi connectivity index (χ2v) is 9.11. The Labute approximate surface area is 172 Å². The highest BCUT2D eigenvalue weighted by Gasteiger charge is 2.36. The molecule has 29 heavy (non-hydrogen) atoms. The molecule has 13 heteroatoms. The molecule has 10 nitrogen and oxygen atoms in total. The minimum Gasteiger partial charge on any atom is -0.398 e. The van der Waals surface area contributed by atoms with Crippen molar-refractivity contribution in [3.63, 3.8) is 0 Å². The summed E-state index contributed by atoms with van der Waals surface area (Å²) >= 11 is 1.37. The summed E-state index contributed by atoms with van der Waals surface area (Å²) in [6.07, 6.45) is 6.60. The standard InChI is InChI=1S/C16H13NO9S3/c17-11-5-12(27-25-23-18)8-2-3-9-13(28-26-24-19)6-14(29(20,21)22)10-4-1-7(11)15(8)16(9)10/h1-6,8-9,18-19H,17H2,(H,20,21,22). The Balaban J connectivity index is 2.01. The molecule has 154 valence electrons. The lowest BCUT2D eigenvalue weighted by atomic mass is 9.76. The average molecular weight is 459 g/mol. The zero-order valence-corrected chi connectivity index (χ0v) is 16.7. The van der Waals surface area contributed by atoms with Crippen LogP contribution < -0.4 is 16.2 Å². The van der Waals surface area contributed by atoms with E-state index in [9.17, 15) is 13.0 Å². The first-order chi connectivity index (χ1) is 13.9. The van der Waals surface area contributed by atoms with Gasteiger partial charge in [-0.05, 0) is 23.3 Å². The quantitative estimate of drug-likeness (QED) is 0.153. The summed E-state index contributed by atoms with van der Waals surface area (Å²) in [7, 11) is -4.57. The third kappa shape index (κ3) is 3.55. The number of nitrogens with two attached hydrogens (primary N) is 1. The lowest BCUT2D eigenvalue weighted by Gasteiger charge is -2.33. The third-order valence-corrected chi connectivity index (χ3v) is 7.04. The van der Waals surface area contributed by atoms with Crippen LogP contribution in [0.15, 0.2) is 46.2 Å². The Kier molecular flexibility index (Phi) is 5.60. The van der Waals surface area contributed by atoms with Gasteiger partial charge in [0.05, 0.1) is 24.1 Å². The molecule has 0 aromatic heterocycles. The molecule has 0 spiro atoms. The van der Waals surface area contributed by atoms with E-state index in [1.54, 1.807) is 18.2 Å². The lowest BCUT2D eigenvalue weighted by Crippen LogP contribution is -2.35. The van der Waals surface area contributed by atoms with E-state index in [-0.39, 0.29) is 10.8 Å². The zero-order chi connectivity index (χ0) is 20.8. The Morgan fingerprint density at radius 1 is 0.897 bits per heavy atom. The van der Waals surface area contributed by atoms with Crippen molar-refractivity contribution < 1.29 is 42.2 Å². The highest BCUT2D eigenvalue weighted by molar-refractivity contribution is 7.99. The van der Waals surface area contributed by atoms with Gasteiger partial charge in [0.25, 0.3) is 10.1 Å². The van der Waals surface area contributed by atoms with Crippen molar-refractivity contribution in [2.75, 3.05) is 0 Å². The van der Waals surface area contributed by atoms with Crippen molar-refractivity contribution in [2.24, 2.45) is 5.73 Å². The maximum absolute atomic E-state index is 12.0. The zero-order valence-electron chi connectivity index (χ0n) is 14.2. The van der Waals surface area contributed by atoms with E-state index in [1.807, 2.05) is 12.2 Å². The lowest BCUT2D eigenvalue weighted by molar-refractivity contribution is -0.432. The number of hydrogen-bond acceptors (Lipinski definition) is 11. The van der Waals surface area contributed by atoms with Crippen molar-refractivity contribution in [2.45, 2.75) is 11.8 Å². The molecule has 4 rings (SSSR count). The minimum atomic E-state index is -4.57. The van der Waals surface area contributed by atoms with Crippen LogP contribution in [0, 0.1) is 0 Å². The van der Waals surface area contributed by atoms with Crippen molar-refractivity contribution in [3.05, 3.63) is 67.8 Å². The fourth-order valence-corrected chi connectivity index (χ4v) is 5.72. The van der Waals surface area contributed by atoms with E-state index in [1.165, 1.54) is 6.08 Å². The molecule has 3 aliphatic rings. The molecule has 1 aromatic rings. The van der Waals surface area contributed by atoms with E-state index in [2.05, 4.69) is 18.7 Å². The normalized spacial score (nSPS) is 22.3. The van der Waals surface area contributed by atoms with Gasteiger partial charge in [-0.3, -0.25) is 4.55 Å². The molecule has 2 atom stereocenters. The summed E-state index contributed by atoms with van der Waals surface area (Å²) in [6, 6.07) is 3.26. The topological polar surface area (TPSA) is 158 Å². The SMILES string of the molecule is NC1=c2ccc3c4c2C(C=CC4C(SOOO)=CC=3S(=O)(=O)O)C(SOOO)=C1. The Hall–Kier alpha value is -1.65. The molecular weight excluding hydrogens is 446 g/mol. The molecule has 0 fully saturated rings. The highest BCUT2D eigenvalue weighted by atomic mass is 32.2. The summed E-state index contributed by atoms with van der Waals surface area (Å²) in [5.74, 6) is -0.792. The number of allylic oxidation sites excluding steroid dienone is 4. The molecule has 0 heterocycles. The first kappa shape index (κ1) is 20.6. The van der Waals surface area contributed by atoms with Crippen molar-refractivity contribution >= 4 is 44.8 Å². The molecule has 5 N–H and O–H groups in total. The van der Waals surface area contributed by atoms with Gasteiger partial charge >= 0.3 is 0 Å². The average Bonchev–Trinajstić information content (AvgIpc) is 2.69. The molecule has 2 unspecified atom stereocenters. The molecule has 0 aliphatic heterocycles. The van der Waals surface area contributed by atoms with Crippen LogP contribution in [0.2, 0.25) is 0 Å². The van der Waals surface area contributed by atoms with Gasteiger partial charge in [-0.1, -0.05) is 34.4 Å². The van der Waals surface area contributed by atoms with E-state index in [4.69, 9.17) is 16.2 Å². The summed E-state index contributed by atoms with van der Waals surface area (Å²) in [6.45, 7) is 0. The number of rotatable bonds is 7. The predicted octanol–water partition coefficient (Wildman–Crippen LogP) is 1.42. The number of benzene rings is 1. The fourth-order valence-electron chi connectivity index (χ4n) is 3.75. The van der Waals surface area contributed by atoms with Gasteiger partial charge in [0.15, 0.2) is 0 Å². The van der Waals surface area contributed by atoms with Gasteiger partial charge in [-0.2, -0.15) is 8.42 Å². The largest absolute Gasteiger partial charge is 0.398 e. The molecular formula is C16H13NO9S3. The highest BCUT2D eigenvalue weighted by Crippen LogP contribution is 2.47. The molecule has 3 aliphatic carbocycles. The summed E-state index contributed by atoms with van der Waals surface area (Å²) in [4.78, 5) is 0.640. The molecule has 1 aromatic carbocycles. The summed E-state index contributed by atoms with van der Waals surface area (Å²) in [5, 5.41) is 25.3. The van der Waals surface area contributed by atoms with Gasteiger partial charge in [-0.15, -0.1) is 8.67 Å². The molecule has 0 saturated carbocycles. The smallest absolute Gasteiger partial charge is 0.295 e. The second kappa shape index (κ2) is 7.88. The maximum atomic E-state index is 12.0. The van der Waals surface area contributed by atoms with E-state index in [0.29, 0.717) is 43.6 Å². The first-order valence-electron chi connectivity index (χ1n) is 7.92.